The van der Waals surface area contributed by atoms with Crippen LogP contribution in [0.2, 0.25) is 0 Å². The van der Waals surface area contributed by atoms with E-state index in [1.807, 2.05) is 6.92 Å². The minimum atomic E-state index is -0.213. The lowest BCUT2D eigenvalue weighted by molar-refractivity contribution is -0.124. The van der Waals surface area contributed by atoms with Gasteiger partial charge in [0.05, 0.1) is 5.92 Å². The van der Waals surface area contributed by atoms with Crippen molar-refractivity contribution in [3.8, 4) is 0 Å². The molecule has 3 heteroatoms. The standard InChI is InChI=1S/C12H24N2O/c1-8-6-11(3,4)14-12(5,7-8)9(2)10(13)15/h8-9,14H,6-7H2,1-5H3,(H2,13,15). The maximum absolute atomic E-state index is 11.3. The molecule has 3 nitrogen and oxygen atoms in total. The summed E-state index contributed by atoms with van der Waals surface area (Å²) in [4.78, 5) is 11.3. The predicted octanol–water partition coefficient (Wildman–Crippen LogP) is 1.66. The fourth-order valence-electron chi connectivity index (χ4n) is 3.14. The average molecular weight is 212 g/mol. The zero-order valence-corrected chi connectivity index (χ0v) is 10.6. The maximum atomic E-state index is 11.3. The van der Waals surface area contributed by atoms with Gasteiger partial charge in [-0.15, -0.1) is 0 Å². The summed E-state index contributed by atoms with van der Waals surface area (Å²) in [6.07, 6.45) is 2.16. The van der Waals surface area contributed by atoms with Crippen LogP contribution in [0.3, 0.4) is 0 Å². The summed E-state index contributed by atoms with van der Waals surface area (Å²) in [6.45, 7) is 10.7. The van der Waals surface area contributed by atoms with Crippen molar-refractivity contribution in [2.45, 2.75) is 58.5 Å². The molecule has 0 aromatic rings. The minimum absolute atomic E-state index is 0.0934. The maximum Gasteiger partial charge on any atom is 0.222 e. The third-order valence-electron chi connectivity index (χ3n) is 3.64. The first-order chi connectivity index (χ1) is 6.66. The fraction of sp³-hybridized carbons (Fsp3) is 0.917. The molecule has 1 fully saturated rings. The number of nitrogens with two attached hydrogens (primary N) is 1. The Morgan fingerprint density at radius 2 is 1.93 bits per heavy atom. The van der Waals surface area contributed by atoms with E-state index in [4.69, 9.17) is 5.73 Å². The molecule has 0 radical (unpaired) electrons. The second kappa shape index (κ2) is 3.78. The Labute approximate surface area is 92.8 Å². The van der Waals surface area contributed by atoms with E-state index in [1.54, 1.807) is 0 Å². The zero-order chi connectivity index (χ0) is 11.9. The summed E-state index contributed by atoms with van der Waals surface area (Å²) in [6, 6.07) is 0. The second-order valence-electron chi connectivity index (χ2n) is 6.06. The summed E-state index contributed by atoms with van der Waals surface area (Å²) in [7, 11) is 0. The highest BCUT2D eigenvalue weighted by Crippen LogP contribution is 2.36. The number of primary amides is 1. The average Bonchev–Trinajstić information content (AvgIpc) is 1.97. The van der Waals surface area contributed by atoms with Crippen LogP contribution in [0.4, 0.5) is 0 Å². The Hall–Kier alpha value is -0.570. The van der Waals surface area contributed by atoms with E-state index < -0.39 is 0 Å². The summed E-state index contributed by atoms with van der Waals surface area (Å²) >= 11 is 0. The van der Waals surface area contributed by atoms with E-state index in [1.165, 1.54) is 0 Å². The highest BCUT2D eigenvalue weighted by Gasteiger charge is 2.43. The quantitative estimate of drug-likeness (QED) is 0.731. The number of carbonyl (C=O) groups excluding carboxylic acids is 1. The van der Waals surface area contributed by atoms with Gasteiger partial charge in [-0.2, -0.15) is 0 Å². The van der Waals surface area contributed by atoms with Gasteiger partial charge in [0.25, 0.3) is 0 Å². The van der Waals surface area contributed by atoms with E-state index in [-0.39, 0.29) is 22.9 Å². The summed E-state index contributed by atoms with van der Waals surface area (Å²) < 4.78 is 0. The minimum Gasteiger partial charge on any atom is -0.369 e. The summed E-state index contributed by atoms with van der Waals surface area (Å²) in [5.74, 6) is 0.294. The van der Waals surface area contributed by atoms with Crippen molar-refractivity contribution in [2.75, 3.05) is 0 Å². The van der Waals surface area contributed by atoms with Crippen LogP contribution in [0.25, 0.3) is 0 Å². The van der Waals surface area contributed by atoms with Crippen molar-refractivity contribution >= 4 is 5.91 Å². The van der Waals surface area contributed by atoms with Gasteiger partial charge in [-0.1, -0.05) is 13.8 Å². The molecule has 1 aliphatic rings. The number of hydrogen-bond acceptors (Lipinski definition) is 2. The topological polar surface area (TPSA) is 55.1 Å². The predicted molar refractivity (Wildman–Crippen MR) is 62.4 cm³/mol. The molecule has 1 heterocycles. The van der Waals surface area contributed by atoms with Crippen molar-refractivity contribution in [3.05, 3.63) is 0 Å². The number of nitrogens with one attached hydrogen (secondary N) is 1. The Bertz CT molecular complexity index is 262. The summed E-state index contributed by atoms with van der Waals surface area (Å²) in [5.41, 5.74) is 5.34. The number of hydrogen-bond donors (Lipinski definition) is 2. The fourth-order valence-corrected chi connectivity index (χ4v) is 3.14. The Kier molecular flexibility index (Phi) is 3.15. The first kappa shape index (κ1) is 12.5. The highest BCUT2D eigenvalue weighted by atomic mass is 16.1. The molecule has 1 saturated heterocycles. The molecule has 0 aromatic heterocycles. The lowest BCUT2D eigenvalue weighted by atomic mass is 9.70. The lowest BCUT2D eigenvalue weighted by Gasteiger charge is -2.49. The van der Waals surface area contributed by atoms with Gasteiger partial charge < -0.3 is 11.1 Å². The van der Waals surface area contributed by atoms with Crippen molar-refractivity contribution in [1.82, 2.24) is 5.32 Å². The van der Waals surface area contributed by atoms with E-state index in [0.717, 1.165) is 12.8 Å². The molecular formula is C12H24N2O. The second-order valence-corrected chi connectivity index (χ2v) is 6.06. The van der Waals surface area contributed by atoms with Crippen LogP contribution in [0, 0.1) is 11.8 Å². The number of piperidine rings is 1. The monoisotopic (exact) mass is 212 g/mol. The van der Waals surface area contributed by atoms with Crippen LogP contribution in [-0.2, 0) is 4.79 Å². The SMILES string of the molecule is CC1CC(C)(C)NC(C)(C(C)C(N)=O)C1. The molecule has 3 N–H and O–H groups in total. The van der Waals surface area contributed by atoms with Crippen LogP contribution in [0.1, 0.15) is 47.5 Å². The molecule has 0 aliphatic carbocycles. The van der Waals surface area contributed by atoms with Crippen molar-refractivity contribution in [1.29, 1.82) is 0 Å². The van der Waals surface area contributed by atoms with E-state index >= 15 is 0 Å². The molecule has 1 rings (SSSR count). The van der Waals surface area contributed by atoms with Crippen LogP contribution >= 0.6 is 0 Å². The first-order valence-corrected chi connectivity index (χ1v) is 5.75. The van der Waals surface area contributed by atoms with Crippen LogP contribution in [-0.4, -0.2) is 17.0 Å². The Balaban J connectivity index is 2.88. The van der Waals surface area contributed by atoms with Crippen LogP contribution in [0.15, 0.2) is 0 Å². The smallest absolute Gasteiger partial charge is 0.222 e. The van der Waals surface area contributed by atoms with Gasteiger partial charge in [-0.05, 0) is 39.5 Å². The van der Waals surface area contributed by atoms with Crippen molar-refractivity contribution < 1.29 is 4.79 Å². The normalized spacial score (nSPS) is 37.3. The molecule has 1 aliphatic heterocycles. The first-order valence-electron chi connectivity index (χ1n) is 5.75. The number of rotatable bonds is 2. The van der Waals surface area contributed by atoms with E-state index in [0.29, 0.717) is 5.92 Å². The van der Waals surface area contributed by atoms with Crippen LogP contribution < -0.4 is 11.1 Å². The van der Waals surface area contributed by atoms with Gasteiger partial charge >= 0.3 is 0 Å². The molecular weight excluding hydrogens is 188 g/mol. The number of carbonyl (C=O) groups is 1. The van der Waals surface area contributed by atoms with Gasteiger partial charge in [0.15, 0.2) is 0 Å². The van der Waals surface area contributed by atoms with Gasteiger partial charge in [-0.25, -0.2) is 0 Å². The number of amides is 1. The van der Waals surface area contributed by atoms with Gasteiger partial charge in [-0.3, -0.25) is 4.79 Å². The zero-order valence-electron chi connectivity index (χ0n) is 10.6. The molecule has 0 saturated carbocycles. The Morgan fingerprint density at radius 1 is 1.40 bits per heavy atom. The molecule has 3 atom stereocenters. The molecule has 1 amide bonds. The highest BCUT2D eigenvalue weighted by molar-refractivity contribution is 5.77. The van der Waals surface area contributed by atoms with Gasteiger partial charge in [0, 0.05) is 11.1 Å². The Morgan fingerprint density at radius 3 is 2.33 bits per heavy atom. The molecule has 3 unspecified atom stereocenters. The molecule has 88 valence electrons. The van der Waals surface area contributed by atoms with Gasteiger partial charge in [0.1, 0.15) is 0 Å². The molecule has 15 heavy (non-hydrogen) atoms. The lowest BCUT2D eigenvalue weighted by Crippen LogP contribution is -2.63. The molecule has 0 aromatic carbocycles. The van der Waals surface area contributed by atoms with Crippen molar-refractivity contribution in [3.63, 3.8) is 0 Å². The summed E-state index contributed by atoms with van der Waals surface area (Å²) in [5, 5.41) is 3.58. The van der Waals surface area contributed by atoms with Crippen molar-refractivity contribution in [2.24, 2.45) is 17.6 Å². The third-order valence-corrected chi connectivity index (χ3v) is 3.64. The van der Waals surface area contributed by atoms with Gasteiger partial charge in [0.2, 0.25) is 5.91 Å². The molecule has 0 spiro atoms. The largest absolute Gasteiger partial charge is 0.369 e. The molecule has 0 bridgehead atoms. The van der Waals surface area contributed by atoms with Crippen LogP contribution in [0.5, 0.6) is 0 Å². The third kappa shape index (κ3) is 2.71. The van der Waals surface area contributed by atoms with E-state index in [2.05, 4.69) is 33.0 Å². The van der Waals surface area contributed by atoms with E-state index in [9.17, 15) is 4.79 Å².